The molecule has 0 amide bonds. The van der Waals surface area contributed by atoms with Crippen molar-refractivity contribution in [1.82, 2.24) is 0 Å². The summed E-state index contributed by atoms with van der Waals surface area (Å²) in [7, 11) is 0. The smallest absolute Gasteiger partial charge is 0.429 e. The van der Waals surface area contributed by atoms with Gasteiger partial charge >= 0.3 is 6.11 Å². The van der Waals surface area contributed by atoms with Crippen LogP contribution in [0.3, 0.4) is 0 Å². The number of rotatable bonds is 10. The summed E-state index contributed by atoms with van der Waals surface area (Å²) in [6, 6.07) is 8.04. The lowest BCUT2D eigenvalue weighted by Crippen LogP contribution is -2.25. The van der Waals surface area contributed by atoms with Gasteiger partial charge < -0.3 is 4.74 Å². The van der Waals surface area contributed by atoms with Gasteiger partial charge in [-0.3, -0.25) is 0 Å². The number of hydrogen-bond donors (Lipinski definition) is 0. The normalized spacial score (nSPS) is 16.9. The minimum absolute atomic E-state index is 0.151. The molecule has 46 heavy (non-hydrogen) atoms. The molecule has 0 aromatic heterocycles. The molecule has 1 nitrogen and oxygen atoms in total. The molecule has 10 heteroatoms. The predicted molar refractivity (Wildman–Crippen MR) is 157 cm³/mol. The molecule has 0 unspecified atom stereocenters. The highest BCUT2D eigenvalue weighted by atomic mass is 19.3. The van der Waals surface area contributed by atoms with E-state index in [0.29, 0.717) is 42.3 Å². The predicted octanol–water partition coefficient (Wildman–Crippen LogP) is 12.0. The van der Waals surface area contributed by atoms with Crippen molar-refractivity contribution in [3.05, 3.63) is 113 Å². The zero-order valence-electron chi connectivity index (χ0n) is 24.9. The van der Waals surface area contributed by atoms with Crippen molar-refractivity contribution >= 4 is 0 Å². The average molecular weight is 651 g/mol. The summed E-state index contributed by atoms with van der Waals surface area (Å²) in [6.07, 6.45) is 3.90. The molecule has 0 N–H and O–H groups in total. The van der Waals surface area contributed by atoms with E-state index in [9.17, 15) is 17.6 Å². The van der Waals surface area contributed by atoms with Gasteiger partial charge in [0, 0.05) is 17.7 Å². The fraction of sp³-hybridized carbons (Fsp3) is 0.333. The highest BCUT2D eigenvalue weighted by molar-refractivity contribution is 5.67. The first-order valence-electron chi connectivity index (χ1n) is 15.2. The summed E-state index contributed by atoms with van der Waals surface area (Å²) in [6.45, 7) is 2.16. The molecule has 4 aromatic rings. The Balaban J connectivity index is 1.33. The monoisotopic (exact) mass is 650 g/mol. The fourth-order valence-electron chi connectivity index (χ4n) is 6.23. The third kappa shape index (κ3) is 7.21. The van der Waals surface area contributed by atoms with E-state index in [4.69, 9.17) is 0 Å². The number of benzene rings is 4. The average Bonchev–Trinajstić information content (AvgIpc) is 2.98. The Morgan fingerprint density at radius 1 is 0.630 bits per heavy atom. The van der Waals surface area contributed by atoms with Crippen LogP contribution in [0.4, 0.5) is 39.5 Å². The molecular formula is C36H31F9O. The van der Waals surface area contributed by atoms with Gasteiger partial charge in [0.15, 0.2) is 11.6 Å². The molecule has 0 aliphatic heterocycles. The maximum atomic E-state index is 15.2. The van der Waals surface area contributed by atoms with Gasteiger partial charge in [-0.15, -0.1) is 0 Å². The number of ether oxygens (including phenoxy) is 1. The Morgan fingerprint density at radius 2 is 1.26 bits per heavy atom. The first-order valence-corrected chi connectivity index (χ1v) is 15.2. The first kappa shape index (κ1) is 33.4. The van der Waals surface area contributed by atoms with Gasteiger partial charge in [-0.2, -0.15) is 8.78 Å². The van der Waals surface area contributed by atoms with Gasteiger partial charge in [0.05, 0.1) is 5.56 Å². The van der Waals surface area contributed by atoms with Gasteiger partial charge in [-0.05, 0) is 84.5 Å². The molecule has 0 atom stereocenters. The quantitative estimate of drug-likeness (QED) is 0.123. The summed E-state index contributed by atoms with van der Waals surface area (Å²) in [5, 5.41) is 0. The van der Waals surface area contributed by atoms with E-state index in [2.05, 4.69) is 11.7 Å². The van der Waals surface area contributed by atoms with Gasteiger partial charge in [0.1, 0.15) is 40.4 Å². The standard InChI is InChI=1S/C36H31F9O/c1-2-3-4-5-20-6-8-21(9-7-20)22-10-12-26(28(38)14-22)24-16-32(42)35(33(43)17-24)36(44,45)46-25-18-30(40)34(31(41)19-25)23-11-13-27(37)29(39)15-23/h10-21H,2-9H2,1H3. The van der Waals surface area contributed by atoms with Crippen molar-refractivity contribution in [2.75, 3.05) is 0 Å². The molecule has 0 saturated heterocycles. The van der Waals surface area contributed by atoms with E-state index in [0.717, 1.165) is 43.7 Å². The van der Waals surface area contributed by atoms with Crippen LogP contribution < -0.4 is 4.74 Å². The van der Waals surface area contributed by atoms with Crippen molar-refractivity contribution in [3.8, 4) is 28.0 Å². The summed E-state index contributed by atoms with van der Waals surface area (Å²) in [5.41, 5.74) is -2.89. The zero-order valence-corrected chi connectivity index (χ0v) is 24.9. The maximum Gasteiger partial charge on any atom is 0.432 e. The lowest BCUT2D eigenvalue weighted by molar-refractivity contribution is -0.189. The molecule has 0 spiro atoms. The second-order valence-corrected chi connectivity index (χ2v) is 11.8. The van der Waals surface area contributed by atoms with E-state index in [1.165, 1.54) is 31.4 Å². The third-order valence-corrected chi connectivity index (χ3v) is 8.64. The van der Waals surface area contributed by atoms with Crippen molar-refractivity contribution < 1.29 is 44.3 Å². The Bertz CT molecular complexity index is 1660. The van der Waals surface area contributed by atoms with Gasteiger partial charge in [0.25, 0.3) is 0 Å². The molecule has 0 heterocycles. The minimum atomic E-state index is -4.76. The highest BCUT2D eigenvalue weighted by Crippen LogP contribution is 2.41. The Morgan fingerprint density at radius 3 is 1.85 bits per heavy atom. The number of unbranched alkanes of at least 4 members (excludes halogenated alkanes) is 2. The molecule has 244 valence electrons. The summed E-state index contributed by atoms with van der Waals surface area (Å²) in [5.74, 6) is -10.3. The van der Waals surface area contributed by atoms with E-state index in [1.54, 1.807) is 6.07 Å². The second kappa shape index (κ2) is 13.8. The molecule has 0 radical (unpaired) electrons. The fourth-order valence-corrected chi connectivity index (χ4v) is 6.23. The van der Waals surface area contributed by atoms with Gasteiger partial charge in [-0.1, -0.05) is 50.8 Å². The van der Waals surface area contributed by atoms with Crippen LogP contribution in [0.2, 0.25) is 0 Å². The topological polar surface area (TPSA) is 9.23 Å². The summed E-state index contributed by atoms with van der Waals surface area (Å²) >= 11 is 0. The largest absolute Gasteiger partial charge is 0.432 e. The second-order valence-electron chi connectivity index (χ2n) is 11.8. The van der Waals surface area contributed by atoms with Crippen LogP contribution in [-0.4, -0.2) is 0 Å². The Kier molecular flexibility index (Phi) is 10.0. The van der Waals surface area contributed by atoms with Gasteiger partial charge in [-0.25, -0.2) is 30.7 Å². The van der Waals surface area contributed by atoms with E-state index < -0.39 is 69.3 Å². The molecule has 1 aliphatic rings. The highest BCUT2D eigenvalue weighted by Gasteiger charge is 2.42. The molecule has 4 aromatic carbocycles. The Labute approximate surface area is 261 Å². The van der Waals surface area contributed by atoms with E-state index >= 15 is 22.0 Å². The molecular weight excluding hydrogens is 619 g/mol. The molecule has 5 rings (SSSR count). The molecule has 1 fully saturated rings. The first-order chi connectivity index (χ1) is 21.9. The lowest BCUT2D eigenvalue weighted by Gasteiger charge is -2.29. The molecule has 0 bridgehead atoms. The summed E-state index contributed by atoms with van der Waals surface area (Å²) < 4.78 is 136. The van der Waals surface area contributed by atoms with Crippen LogP contribution in [0.25, 0.3) is 22.3 Å². The number of alkyl halides is 2. The molecule has 1 aliphatic carbocycles. The van der Waals surface area contributed by atoms with Crippen molar-refractivity contribution in [2.45, 2.75) is 70.3 Å². The van der Waals surface area contributed by atoms with Crippen LogP contribution in [0, 0.1) is 46.6 Å². The zero-order chi connectivity index (χ0) is 33.2. The van der Waals surface area contributed by atoms with Crippen molar-refractivity contribution in [1.29, 1.82) is 0 Å². The minimum Gasteiger partial charge on any atom is -0.429 e. The maximum absolute atomic E-state index is 15.2. The van der Waals surface area contributed by atoms with Crippen molar-refractivity contribution in [3.63, 3.8) is 0 Å². The Hall–Kier alpha value is -3.95. The third-order valence-electron chi connectivity index (χ3n) is 8.64. The molecule has 1 saturated carbocycles. The van der Waals surface area contributed by atoms with Crippen LogP contribution >= 0.6 is 0 Å². The van der Waals surface area contributed by atoms with E-state index in [-0.39, 0.29) is 17.0 Å². The van der Waals surface area contributed by atoms with E-state index in [1.807, 2.05) is 0 Å². The van der Waals surface area contributed by atoms with Crippen LogP contribution in [0.1, 0.15) is 75.3 Å². The van der Waals surface area contributed by atoms with Crippen LogP contribution in [-0.2, 0) is 6.11 Å². The van der Waals surface area contributed by atoms with Crippen molar-refractivity contribution in [2.24, 2.45) is 5.92 Å². The van der Waals surface area contributed by atoms with Crippen LogP contribution in [0.15, 0.2) is 60.7 Å². The van der Waals surface area contributed by atoms with Crippen LogP contribution in [0.5, 0.6) is 5.75 Å². The van der Waals surface area contributed by atoms with Gasteiger partial charge in [0.2, 0.25) is 0 Å². The summed E-state index contributed by atoms with van der Waals surface area (Å²) in [4.78, 5) is 0. The lowest BCUT2D eigenvalue weighted by atomic mass is 9.77. The number of halogens is 9. The SMILES string of the molecule is CCCCCC1CCC(c2ccc(-c3cc(F)c(C(F)(F)Oc4cc(F)c(-c5ccc(F)c(F)c5)c(F)c4)c(F)c3)c(F)c2)CC1. The number of hydrogen-bond acceptors (Lipinski definition) is 1.